The maximum absolute atomic E-state index is 14.7. The van der Waals surface area contributed by atoms with E-state index >= 15 is 0 Å². The van der Waals surface area contributed by atoms with Crippen molar-refractivity contribution >= 4 is 11.4 Å². The molecule has 0 amide bonds. The maximum atomic E-state index is 14.7. The zero-order valence-electron chi connectivity index (χ0n) is 23.5. The topological polar surface area (TPSA) is 55.8 Å². The van der Waals surface area contributed by atoms with Crippen LogP contribution in [0.2, 0.25) is 0 Å². The summed E-state index contributed by atoms with van der Waals surface area (Å²) in [6.45, 7) is 0. The fraction of sp³-hybridized carbons (Fsp3) is 0.0789. The predicted molar refractivity (Wildman–Crippen MR) is 166 cm³/mol. The number of aliphatic hydroxyl groups is 1. The number of methoxy groups -OCH3 is 2. The van der Waals surface area contributed by atoms with Crippen LogP contribution in [0.3, 0.4) is 0 Å². The number of ketones is 1. The lowest BCUT2D eigenvalue weighted by molar-refractivity contribution is 0.0917. The van der Waals surface area contributed by atoms with E-state index in [1.54, 1.807) is 62.8 Å². The van der Waals surface area contributed by atoms with Gasteiger partial charge in [-0.1, -0.05) is 103 Å². The molecule has 5 rings (SSSR count). The van der Waals surface area contributed by atoms with Gasteiger partial charge < -0.3 is 14.6 Å². The first kappa shape index (κ1) is 28.2. The Morgan fingerprint density at radius 2 is 1.05 bits per heavy atom. The minimum atomic E-state index is -2.01. The highest BCUT2D eigenvalue weighted by Gasteiger charge is 2.40. The van der Waals surface area contributed by atoms with Gasteiger partial charge in [0.05, 0.1) is 19.8 Å². The standard InChI is InChI=1S/C38H30O4/c1-41-33-22-18-31(19-23-33)37(39)36(35(29-14-8-4-9-15-29)30-16-10-5-11-17-30)38(40,27-26-28-12-6-3-7-13-28)32-20-24-34(42-2)25-21-32/h3-25,40H,1-2H3. The number of rotatable bonds is 8. The summed E-state index contributed by atoms with van der Waals surface area (Å²) < 4.78 is 10.7. The van der Waals surface area contributed by atoms with Gasteiger partial charge in [-0.25, -0.2) is 0 Å². The molecule has 1 unspecified atom stereocenters. The predicted octanol–water partition coefficient (Wildman–Crippen LogP) is 7.33. The lowest BCUT2D eigenvalue weighted by Crippen LogP contribution is -2.32. The van der Waals surface area contributed by atoms with Crippen LogP contribution >= 0.6 is 0 Å². The number of carbonyl (C=O) groups excluding carboxylic acids is 1. The van der Waals surface area contributed by atoms with Crippen LogP contribution in [0.15, 0.2) is 145 Å². The molecule has 0 aliphatic carbocycles. The molecule has 206 valence electrons. The molecule has 0 spiro atoms. The fourth-order valence-electron chi connectivity index (χ4n) is 4.81. The Kier molecular flexibility index (Phi) is 8.63. The molecule has 1 atom stereocenters. The van der Waals surface area contributed by atoms with E-state index in [1.165, 1.54) is 0 Å². The lowest BCUT2D eigenvalue weighted by atomic mass is 9.76. The van der Waals surface area contributed by atoms with Gasteiger partial charge in [-0.15, -0.1) is 0 Å². The number of hydrogen-bond donors (Lipinski definition) is 1. The average molecular weight is 551 g/mol. The minimum absolute atomic E-state index is 0.138. The van der Waals surface area contributed by atoms with Gasteiger partial charge in [-0.3, -0.25) is 4.79 Å². The molecular formula is C38H30O4. The van der Waals surface area contributed by atoms with Crippen LogP contribution in [0.25, 0.3) is 5.57 Å². The van der Waals surface area contributed by atoms with E-state index in [0.717, 1.165) is 11.1 Å². The summed E-state index contributed by atoms with van der Waals surface area (Å²) in [7, 11) is 3.16. The van der Waals surface area contributed by atoms with Crippen molar-refractivity contribution in [2.24, 2.45) is 0 Å². The average Bonchev–Trinajstić information content (AvgIpc) is 3.07. The monoisotopic (exact) mass is 550 g/mol. The van der Waals surface area contributed by atoms with Gasteiger partial charge in [0.25, 0.3) is 0 Å². The van der Waals surface area contributed by atoms with Crippen LogP contribution < -0.4 is 9.47 Å². The quantitative estimate of drug-likeness (QED) is 0.125. The molecule has 4 heteroatoms. The van der Waals surface area contributed by atoms with Gasteiger partial charge in [-0.05, 0) is 59.7 Å². The Balaban J connectivity index is 1.89. The van der Waals surface area contributed by atoms with Gasteiger partial charge in [-0.2, -0.15) is 0 Å². The molecule has 0 aromatic heterocycles. The largest absolute Gasteiger partial charge is 0.497 e. The third-order valence-corrected chi connectivity index (χ3v) is 6.99. The van der Waals surface area contributed by atoms with Crippen molar-refractivity contribution in [3.8, 4) is 23.3 Å². The molecule has 0 fully saturated rings. The third kappa shape index (κ3) is 6.02. The van der Waals surface area contributed by atoms with Gasteiger partial charge in [0, 0.05) is 22.3 Å². The molecule has 4 nitrogen and oxygen atoms in total. The molecule has 5 aromatic carbocycles. The second-order valence-corrected chi connectivity index (χ2v) is 9.59. The van der Waals surface area contributed by atoms with Crippen molar-refractivity contribution in [2.45, 2.75) is 5.60 Å². The van der Waals surface area contributed by atoms with Crippen molar-refractivity contribution in [1.82, 2.24) is 0 Å². The van der Waals surface area contributed by atoms with Gasteiger partial charge in [0.15, 0.2) is 11.4 Å². The van der Waals surface area contributed by atoms with Crippen LogP contribution in [0, 0.1) is 11.8 Å². The van der Waals surface area contributed by atoms with Crippen molar-refractivity contribution in [2.75, 3.05) is 14.2 Å². The number of Topliss-reactive ketones (excluding diaryl/α,β-unsaturated/α-hetero) is 1. The molecule has 0 aliphatic rings. The molecule has 0 heterocycles. The van der Waals surface area contributed by atoms with Crippen LogP contribution in [0.5, 0.6) is 11.5 Å². The summed E-state index contributed by atoms with van der Waals surface area (Å²) in [6.07, 6.45) is 0. The first-order valence-electron chi connectivity index (χ1n) is 13.5. The third-order valence-electron chi connectivity index (χ3n) is 6.99. The number of benzene rings is 5. The van der Waals surface area contributed by atoms with E-state index in [2.05, 4.69) is 11.8 Å². The molecule has 5 aromatic rings. The summed E-state index contributed by atoms with van der Waals surface area (Å²) in [5.74, 6) is 7.14. The van der Waals surface area contributed by atoms with Gasteiger partial charge in [0.1, 0.15) is 11.5 Å². The molecule has 0 aliphatic heterocycles. The van der Waals surface area contributed by atoms with Crippen molar-refractivity contribution in [1.29, 1.82) is 0 Å². The number of carbonyl (C=O) groups is 1. The first-order valence-corrected chi connectivity index (χ1v) is 13.5. The summed E-state index contributed by atoms with van der Waals surface area (Å²) in [4.78, 5) is 14.7. The molecule has 0 saturated heterocycles. The Morgan fingerprint density at radius 1 is 0.595 bits per heavy atom. The normalized spacial score (nSPS) is 11.8. The van der Waals surface area contributed by atoms with Crippen LogP contribution in [-0.2, 0) is 5.60 Å². The maximum Gasteiger partial charge on any atom is 0.193 e. The van der Waals surface area contributed by atoms with Crippen molar-refractivity contribution < 1.29 is 19.4 Å². The summed E-state index contributed by atoms with van der Waals surface area (Å²) in [5.41, 5.74) is 1.79. The molecular weight excluding hydrogens is 520 g/mol. The van der Waals surface area contributed by atoms with E-state index in [-0.39, 0.29) is 11.4 Å². The van der Waals surface area contributed by atoms with Crippen LogP contribution in [0.4, 0.5) is 0 Å². The number of ether oxygens (including phenoxy) is 2. The summed E-state index contributed by atoms with van der Waals surface area (Å²) in [5, 5.41) is 12.9. The highest BCUT2D eigenvalue weighted by Crippen LogP contribution is 2.40. The van der Waals surface area contributed by atoms with Crippen molar-refractivity contribution in [3.63, 3.8) is 0 Å². The number of hydrogen-bond acceptors (Lipinski definition) is 4. The van der Waals surface area contributed by atoms with E-state index in [9.17, 15) is 9.90 Å². The second kappa shape index (κ2) is 12.9. The van der Waals surface area contributed by atoms with E-state index in [0.29, 0.717) is 33.8 Å². The first-order chi connectivity index (χ1) is 20.5. The molecule has 42 heavy (non-hydrogen) atoms. The highest BCUT2D eigenvalue weighted by atomic mass is 16.5. The SMILES string of the molecule is COc1ccc(C(=O)C(=C(c2ccccc2)c2ccccc2)C(O)(C#Cc2ccccc2)c2ccc(OC)cc2)cc1. The Hall–Kier alpha value is -5.37. The minimum Gasteiger partial charge on any atom is -0.497 e. The van der Waals surface area contributed by atoms with E-state index < -0.39 is 5.60 Å². The molecule has 0 radical (unpaired) electrons. The van der Waals surface area contributed by atoms with E-state index in [4.69, 9.17) is 9.47 Å². The molecule has 0 saturated carbocycles. The van der Waals surface area contributed by atoms with E-state index in [1.807, 2.05) is 91.0 Å². The van der Waals surface area contributed by atoms with Crippen LogP contribution in [-0.4, -0.2) is 25.1 Å². The Bertz CT molecular complexity index is 1690. The highest BCUT2D eigenvalue weighted by molar-refractivity contribution is 6.17. The van der Waals surface area contributed by atoms with Crippen LogP contribution in [0.1, 0.15) is 32.6 Å². The Labute approximate surface area is 246 Å². The molecule has 1 N–H and O–H groups in total. The fourth-order valence-corrected chi connectivity index (χ4v) is 4.81. The van der Waals surface area contributed by atoms with Gasteiger partial charge >= 0.3 is 0 Å². The van der Waals surface area contributed by atoms with Gasteiger partial charge in [0.2, 0.25) is 0 Å². The Morgan fingerprint density at radius 3 is 1.52 bits per heavy atom. The van der Waals surface area contributed by atoms with Crippen molar-refractivity contribution in [3.05, 3.63) is 173 Å². The summed E-state index contributed by atoms with van der Waals surface area (Å²) in [6, 6.07) is 42.5. The zero-order chi connectivity index (χ0) is 29.4. The second-order valence-electron chi connectivity index (χ2n) is 9.59. The molecule has 0 bridgehead atoms. The zero-order valence-corrected chi connectivity index (χ0v) is 23.5. The summed E-state index contributed by atoms with van der Waals surface area (Å²) >= 11 is 0. The lowest BCUT2D eigenvalue weighted by Gasteiger charge is -2.29. The smallest absolute Gasteiger partial charge is 0.193 e.